The molecule has 0 bridgehead atoms. The first-order valence-corrected chi connectivity index (χ1v) is 4.75. The number of rotatable bonds is 0. The average molecular weight is 202 g/mol. The van der Waals surface area contributed by atoms with Gasteiger partial charge in [0, 0.05) is 6.08 Å². The first-order valence-electron chi connectivity index (χ1n) is 4.75. The number of hydrogen-bond donors (Lipinski definition) is 2. The van der Waals surface area contributed by atoms with E-state index in [-0.39, 0.29) is 11.7 Å². The Bertz CT molecular complexity index is 495. The highest BCUT2D eigenvalue weighted by Crippen LogP contribution is 2.44. The highest BCUT2D eigenvalue weighted by atomic mass is 16.3. The van der Waals surface area contributed by atoms with E-state index in [1.165, 1.54) is 6.08 Å². The molecule has 2 N–H and O–H groups in total. The molecule has 1 unspecified atom stereocenters. The van der Waals surface area contributed by atoms with Crippen molar-refractivity contribution in [3.63, 3.8) is 0 Å². The number of anilines is 2. The van der Waals surface area contributed by atoms with Crippen molar-refractivity contribution in [3.8, 4) is 0 Å². The number of carbonyl (C=O) groups is 1. The molecular weight excluding hydrogens is 192 g/mol. The lowest BCUT2D eigenvalue weighted by atomic mass is 10.2. The van der Waals surface area contributed by atoms with Crippen LogP contribution in [0.1, 0.15) is 6.92 Å². The van der Waals surface area contributed by atoms with E-state index in [1.807, 2.05) is 31.2 Å². The molecule has 0 fully saturated rings. The zero-order valence-electron chi connectivity index (χ0n) is 8.19. The van der Waals surface area contributed by atoms with Crippen molar-refractivity contribution in [2.75, 3.05) is 10.2 Å². The van der Waals surface area contributed by atoms with Crippen LogP contribution in [0, 0.1) is 0 Å². The molecule has 2 aliphatic heterocycles. The zero-order valence-corrected chi connectivity index (χ0v) is 8.19. The molecule has 1 atom stereocenters. The zero-order chi connectivity index (χ0) is 10.6. The summed E-state index contributed by atoms with van der Waals surface area (Å²) < 4.78 is 0. The van der Waals surface area contributed by atoms with E-state index >= 15 is 0 Å². The van der Waals surface area contributed by atoms with Crippen LogP contribution in [-0.4, -0.2) is 16.7 Å². The van der Waals surface area contributed by atoms with E-state index < -0.39 is 5.66 Å². The van der Waals surface area contributed by atoms with Crippen molar-refractivity contribution >= 4 is 17.3 Å². The Kier molecular flexibility index (Phi) is 1.30. The number of aliphatic hydroxyl groups excluding tert-OH is 1. The number of nitrogens with one attached hydrogen (secondary N) is 1. The molecule has 2 aliphatic rings. The Morgan fingerprint density at radius 2 is 2.13 bits per heavy atom. The molecule has 1 aromatic carbocycles. The topological polar surface area (TPSA) is 52.6 Å². The molecule has 1 amide bonds. The predicted octanol–water partition coefficient (Wildman–Crippen LogP) is 1.62. The van der Waals surface area contributed by atoms with Crippen LogP contribution in [0.5, 0.6) is 0 Å². The summed E-state index contributed by atoms with van der Waals surface area (Å²) in [7, 11) is 0. The van der Waals surface area contributed by atoms with Crippen LogP contribution in [0.25, 0.3) is 0 Å². The number of amides is 1. The van der Waals surface area contributed by atoms with Crippen LogP contribution >= 0.6 is 0 Å². The van der Waals surface area contributed by atoms with Crippen LogP contribution in [-0.2, 0) is 4.79 Å². The largest absolute Gasteiger partial charge is 0.503 e. The lowest BCUT2D eigenvalue weighted by molar-refractivity contribution is -0.117. The van der Waals surface area contributed by atoms with Crippen molar-refractivity contribution in [3.05, 3.63) is 36.1 Å². The first kappa shape index (κ1) is 8.35. The third-order valence-corrected chi connectivity index (χ3v) is 2.84. The molecule has 1 aromatic rings. The quantitative estimate of drug-likeness (QED) is 0.672. The van der Waals surface area contributed by atoms with Crippen molar-refractivity contribution in [2.45, 2.75) is 12.6 Å². The summed E-state index contributed by atoms with van der Waals surface area (Å²) in [5.41, 5.74) is 1.10. The average Bonchev–Trinajstić information content (AvgIpc) is 2.58. The SMILES string of the molecule is CC12C=C(O)C(=O)N1c1ccccc1N2. The molecule has 0 spiro atoms. The molecule has 0 saturated heterocycles. The molecule has 4 nitrogen and oxygen atoms in total. The Morgan fingerprint density at radius 3 is 2.93 bits per heavy atom. The van der Waals surface area contributed by atoms with Crippen molar-refractivity contribution in [1.29, 1.82) is 0 Å². The smallest absolute Gasteiger partial charge is 0.295 e. The summed E-state index contributed by atoms with van der Waals surface area (Å²) in [6.07, 6.45) is 1.54. The number of carbonyl (C=O) groups excluding carboxylic acids is 1. The van der Waals surface area contributed by atoms with Crippen LogP contribution in [0.3, 0.4) is 0 Å². The molecule has 76 valence electrons. The third kappa shape index (κ3) is 0.883. The highest BCUT2D eigenvalue weighted by molar-refractivity contribution is 6.12. The molecule has 0 aliphatic carbocycles. The highest BCUT2D eigenvalue weighted by Gasteiger charge is 2.48. The van der Waals surface area contributed by atoms with Crippen LogP contribution in [0.2, 0.25) is 0 Å². The van der Waals surface area contributed by atoms with Gasteiger partial charge in [0.25, 0.3) is 5.91 Å². The summed E-state index contributed by atoms with van der Waals surface area (Å²) in [4.78, 5) is 13.3. The van der Waals surface area contributed by atoms with Crippen LogP contribution in [0.4, 0.5) is 11.4 Å². The fourth-order valence-corrected chi connectivity index (χ4v) is 2.22. The maximum atomic E-state index is 11.7. The van der Waals surface area contributed by atoms with Crippen LogP contribution in [0.15, 0.2) is 36.1 Å². The van der Waals surface area contributed by atoms with Gasteiger partial charge < -0.3 is 10.4 Å². The van der Waals surface area contributed by atoms with Gasteiger partial charge in [0.15, 0.2) is 5.76 Å². The summed E-state index contributed by atoms with van der Waals surface area (Å²) in [6.45, 7) is 1.86. The van der Waals surface area contributed by atoms with Gasteiger partial charge in [0.1, 0.15) is 5.66 Å². The molecule has 0 radical (unpaired) electrons. The second-order valence-corrected chi connectivity index (χ2v) is 3.96. The lowest BCUT2D eigenvalue weighted by Crippen LogP contribution is -2.45. The molecule has 4 heteroatoms. The molecule has 3 rings (SSSR count). The van der Waals surface area contributed by atoms with Gasteiger partial charge in [0.05, 0.1) is 11.4 Å². The third-order valence-electron chi connectivity index (χ3n) is 2.84. The Labute approximate surface area is 86.8 Å². The fraction of sp³-hybridized carbons (Fsp3) is 0.182. The van der Waals surface area contributed by atoms with Crippen molar-refractivity contribution in [1.82, 2.24) is 0 Å². The number of nitrogens with zero attached hydrogens (tertiary/aromatic N) is 1. The van der Waals surface area contributed by atoms with Gasteiger partial charge in [-0.2, -0.15) is 0 Å². The summed E-state index contributed by atoms with van der Waals surface area (Å²) >= 11 is 0. The number of para-hydroxylation sites is 2. The van der Waals surface area contributed by atoms with E-state index in [4.69, 9.17) is 0 Å². The summed E-state index contributed by atoms with van der Waals surface area (Å²) in [5, 5.41) is 12.6. The second kappa shape index (κ2) is 2.34. The Morgan fingerprint density at radius 1 is 1.40 bits per heavy atom. The molecule has 0 saturated carbocycles. The minimum absolute atomic E-state index is 0.195. The maximum Gasteiger partial charge on any atom is 0.295 e. The van der Waals surface area contributed by atoms with E-state index in [2.05, 4.69) is 5.32 Å². The molecule has 15 heavy (non-hydrogen) atoms. The van der Waals surface area contributed by atoms with Gasteiger partial charge in [-0.05, 0) is 19.1 Å². The Balaban J connectivity index is 2.20. The van der Waals surface area contributed by atoms with Gasteiger partial charge in [-0.3, -0.25) is 9.69 Å². The summed E-state index contributed by atoms with van der Waals surface area (Å²) in [5.74, 6) is -0.547. The first-order chi connectivity index (χ1) is 7.12. The Hall–Kier alpha value is -1.97. The predicted molar refractivity (Wildman–Crippen MR) is 56.7 cm³/mol. The molecule has 2 heterocycles. The monoisotopic (exact) mass is 202 g/mol. The van der Waals surface area contributed by atoms with Crippen molar-refractivity contribution < 1.29 is 9.90 Å². The second-order valence-electron chi connectivity index (χ2n) is 3.96. The van der Waals surface area contributed by atoms with Gasteiger partial charge in [0.2, 0.25) is 0 Å². The molecule has 0 aromatic heterocycles. The molecular formula is C11H10N2O2. The van der Waals surface area contributed by atoms with E-state index in [0.717, 1.165) is 11.4 Å². The minimum Gasteiger partial charge on any atom is -0.503 e. The minimum atomic E-state index is -0.620. The van der Waals surface area contributed by atoms with Gasteiger partial charge in [-0.1, -0.05) is 12.1 Å². The number of benzene rings is 1. The number of hydrogen-bond acceptors (Lipinski definition) is 3. The number of fused-ring (bicyclic) bond motifs is 3. The van der Waals surface area contributed by atoms with E-state index in [9.17, 15) is 9.90 Å². The standard InChI is InChI=1S/C11H10N2O2/c1-11-6-9(14)10(15)13(11)8-5-3-2-4-7(8)12-11/h2-6,12,14H,1H3. The van der Waals surface area contributed by atoms with Gasteiger partial charge in [-0.15, -0.1) is 0 Å². The fourth-order valence-electron chi connectivity index (χ4n) is 2.22. The normalized spacial score (nSPS) is 27.1. The number of aliphatic hydroxyl groups is 1. The van der Waals surface area contributed by atoms with Gasteiger partial charge >= 0.3 is 0 Å². The van der Waals surface area contributed by atoms with E-state index in [1.54, 1.807) is 4.90 Å². The van der Waals surface area contributed by atoms with Gasteiger partial charge in [-0.25, -0.2) is 0 Å². The van der Waals surface area contributed by atoms with Crippen LogP contribution < -0.4 is 10.2 Å². The van der Waals surface area contributed by atoms with E-state index in [0.29, 0.717) is 0 Å². The lowest BCUT2D eigenvalue weighted by Gasteiger charge is -2.26. The maximum absolute atomic E-state index is 11.7. The summed E-state index contributed by atoms with van der Waals surface area (Å²) in [6, 6.07) is 7.55. The van der Waals surface area contributed by atoms with Crippen molar-refractivity contribution in [2.24, 2.45) is 0 Å².